The minimum atomic E-state index is -0.267. The quantitative estimate of drug-likeness (QED) is 0.855. The number of amides is 1. The van der Waals surface area contributed by atoms with Gasteiger partial charge in [-0.3, -0.25) is 4.79 Å². The molecule has 1 N–H and O–H groups in total. The first kappa shape index (κ1) is 17.9. The largest absolute Gasteiger partial charge is 0.482 e. The number of rotatable bonds is 5. The van der Waals surface area contributed by atoms with Gasteiger partial charge in [0.15, 0.2) is 6.61 Å². The molecule has 0 aliphatic carbocycles. The second kappa shape index (κ2) is 8.43. The number of hydrogen-bond acceptors (Lipinski definition) is 4. The Hall–Kier alpha value is -1.95. The van der Waals surface area contributed by atoms with Crippen molar-refractivity contribution in [2.24, 2.45) is 0 Å². The summed E-state index contributed by atoms with van der Waals surface area (Å²) in [6.07, 6.45) is 0. The lowest BCUT2D eigenvalue weighted by atomic mass is 10.2. The number of carbonyl (C=O) groups is 1. The van der Waals surface area contributed by atoms with Crippen LogP contribution in [0.25, 0.3) is 0 Å². The molecule has 0 saturated carbocycles. The summed E-state index contributed by atoms with van der Waals surface area (Å²) >= 11 is 12.1. The monoisotopic (exact) mass is 380 g/mol. The number of benzene rings is 2. The normalized spacial score (nSPS) is 14.2. The molecule has 25 heavy (non-hydrogen) atoms. The highest BCUT2D eigenvalue weighted by Crippen LogP contribution is 2.30. The summed E-state index contributed by atoms with van der Waals surface area (Å²) in [4.78, 5) is 14.4. The number of halogens is 2. The lowest BCUT2D eigenvalue weighted by molar-refractivity contribution is -0.118. The Morgan fingerprint density at radius 3 is 2.68 bits per heavy atom. The maximum absolute atomic E-state index is 12.3. The molecule has 5 nitrogen and oxygen atoms in total. The fourth-order valence-electron chi connectivity index (χ4n) is 2.57. The highest BCUT2D eigenvalue weighted by Gasteiger charge is 2.17. The molecule has 132 valence electrons. The molecule has 1 saturated heterocycles. The van der Waals surface area contributed by atoms with E-state index in [-0.39, 0.29) is 12.5 Å². The Bertz CT molecular complexity index is 749. The zero-order valence-corrected chi connectivity index (χ0v) is 15.0. The van der Waals surface area contributed by atoms with Gasteiger partial charge in [0.05, 0.1) is 29.6 Å². The van der Waals surface area contributed by atoms with Crippen molar-refractivity contribution >= 4 is 40.5 Å². The Morgan fingerprint density at radius 2 is 1.92 bits per heavy atom. The summed E-state index contributed by atoms with van der Waals surface area (Å²) in [6.45, 7) is 2.67. The van der Waals surface area contributed by atoms with E-state index in [1.807, 2.05) is 6.07 Å². The molecule has 0 aromatic heterocycles. The molecule has 1 fully saturated rings. The minimum absolute atomic E-state index is 0.130. The van der Waals surface area contributed by atoms with Crippen molar-refractivity contribution in [3.05, 3.63) is 52.5 Å². The van der Waals surface area contributed by atoms with Crippen molar-refractivity contribution in [2.75, 3.05) is 43.1 Å². The van der Waals surface area contributed by atoms with Gasteiger partial charge >= 0.3 is 0 Å². The number of nitrogens with one attached hydrogen (secondary N) is 1. The molecule has 2 aromatic carbocycles. The van der Waals surface area contributed by atoms with Crippen LogP contribution in [0.5, 0.6) is 5.75 Å². The van der Waals surface area contributed by atoms with Gasteiger partial charge in [-0.15, -0.1) is 0 Å². The highest BCUT2D eigenvalue weighted by molar-refractivity contribution is 6.32. The van der Waals surface area contributed by atoms with Gasteiger partial charge in [-0.2, -0.15) is 0 Å². The molecular formula is C18H18Cl2N2O3. The molecule has 0 bridgehead atoms. The van der Waals surface area contributed by atoms with Gasteiger partial charge < -0.3 is 19.7 Å². The first-order valence-corrected chi connectivity index (χ1v) is 8.68. The minimum Gasteiger partial charge on any atom is -0.482 e. The average molecular weight is 381 g/mol. The number of morpholine rings is 1. The number of carbonyl (C=O) groups excluding carboxylic acids is 1. The summed E-state index contributed by atoms with van der Waals surface area (Å²) < 4.78 is 10.9. The molecule has 3 rings (SSSR count). The summed E-state index contributed by atoms with van der Waals surface area (Å²) in [5, 5.41) is 3.96. The molecule has 1 amide bonds. The lowest BCUT2D eigenvalue weighted by Crippen LogP contribution is -2.37. The summed E-state index contributed by atoms with van der Waals surface area (Å²) in [5.74, 6) is 0.209. The van der Waals surface area contributed by atoms with E-state index in [2.05, 4.69) is 10.2 Å². The van der Waals surface area contributed by atoms with Crippen molar-refractivity contribution in [3.63, 3.8) is 0 Å². The summed E-state index contributed by atoms with van der Waals surface area (Å²) in [6, 6.07) is 12.4. The van der Waals surface area contributed by atoms with Crippen LogP contribution in [-0.4, -0.2) is 38.8 Å². The molecule has 1 aliphatic rings. The predicted octanol–water partition coefficient (Wildman–Crippen LogP) is 3.85. The topological polar surface area (TPSA) is 50.8 Å². The third-order valence-electron chi connectivity index (χ3n) is 3.78. The lowest BCUT2D eigenvalue weighted by Gasteiger charge is -2.30. The van der Waals surface area contributed by atoms with E-state index in [9.17, 15) is 4.79 Å². The third-order valence-corrected chi connectivity index (χ3v) is 4.33. The van der Waals surface area contributed by atoms with E-state index in [0.29, 0.717) is 34.7 Å². The van der Waals surface area contributed by atoms with Crippen LogP contribution in [0.2, 0.25) is 10.0 Å². The zero-order valence-electron chi connectivity index (χ0n) is 13.5. The number of anilines is 2. The van der Waals surface area contributed by atoms with Gasteiger partial charge in [0.2, 0.25) is 0 Å². The van der Waals surface area contributed by atoms with Crippen molar-refractivity contribution in [1.82, 2.24) is 0 Å². The van der Waals surface area contributed by atoms with Crippen LogP contribution >= 0.6 is 23.2 Å². The molecule has 0 atom stereocenters. The number of hydrogen-bond donors (Lipinski definition) is 1. The van der Waals surface area contributed by atoms with E-state index in [1.54, 1.807) is 36.4 Å². The van der Waals surface area contributed by atoms with Crippen LogP contribution in [0.4, 0.5) is 11.4 Å². The average Bonchev–Trinajstić information content (AvgIpc) is 2.63. The highest BCUT2D eigenvalue weighted by atomic mass is 35.5. The molecular weight excluding hydrogens is 363 g/mol. The van der Waals surface area contributed by atoms with Crippen molar-refractivity contribution < 1.29 is 14.3 Å². The van der Waals surface area contributed by atoms with Crippen LogP contribution in [-0.2, 0) is 9.53 Å². The van der Waals surface area contributed by atoms with Crippen molar-refractivity contribution in [1.29, 1.82) is 0 Å². The van der Waals surface area contributed by atoms with Gasteiger partial charge in [-0.25, -0.2) is 0 Å². The fourth-order valence-corrected chi connectivity index (χ4v) is 2.92. The maximum Gasteiger partial charge on any atom is 0.262 e. The van der Waals surface area contributed by atoms with Gasteiger partial charge in [-0.1, -0.05) is 35.3 Å². The van der Waals surface area contributed by atoms with E-state index in [1.165, 1.54) is 0 Å². The standard InChI is InChI=1S/C18H18Cl2N2O3/c19-13-5-6-15(16(11-13)22-7-9-24-10-8-22)21-18(23)12-25-17-4-2-1-3-14(17)20/h1-6,11H,7-10,12H2,(H,21,23). The van der Waals surface area contributed by atoms with E-state index in [0.717, 1.165) is 18.8 Å². The zero-order chi connectivity index (χ0) is 17.6. The molecule has 0 unspecified atom stereocenters. The number of para-hydroxylation sites is 1. The fraction of sp³-hybridized carbons (Fsp3) is 0.278. The Balaban J connectivity index is 1.67. The second-order valence-corrected chi connectivity index (χ2v) is 6.37. The van der Waals surface area contributed by atoms with Crippen LogP contribution in [0.3, 0.4) is 0 Å². The molecule has 1 heterocycles. The van der Waals surface area contributed by atoms with Crippen molar-refractivity contribution in [2.45, 2.75) is 0 Å². The summed E-state index contributed by atoms with van der Waals surface area (Å²) in [5.41, 5.74) is 1.57. The third kappa shape index (κ3) is 4.78. The van der Waals surface area contributed by atoms with Crippen LogP contribution in [0, 0.1) is 0 Å². The van der Waals surface area contributed by atoms with Crippen LogP contribution in [0.1, 0.15) is 0 Å². The Kier molecular flexibility index (Phi) is 6.02. The predicted molar refractivity (Wildman–Crippen MR) is 100 cm³/mol. The maximum atomic E-state index is 12.3. The second-order valence-electron chi connectivity index (χ2n) is 5.53. The first-order chi connectivity index (χ1) is 12.1. The van der Waals surface area contributed by atoms with Gasteiger partial charge in [0.1, 0.15) is 5.75 Å². The van der Waals surface area contributed by atoms with E-state index in [4.69, 9.17) is 32.7 Å². The first-order valence-electron chi connectivity index (χ1n) is 7.93. The van der Waals surface area contributed by atoms with Gasteiger partial charge in [-0.05, 0) is 30.3 Å². The SMILES string of the molecule is O=C(COc1ccccc1Cl)Nc1ccc(Cl)cc1N1CCOCC1. The number of nitrogens with zero attached hydrogens (tertiary/aromatic N) is 1. The molecule has 0 spiro atoms. The van der Waals surface area contributed by atoms with E-state index >= 15 is 0 Å². The molecule has 7 heteroatoms. The van der Waals surface area contributed by atoms with Gasteiger partial charge in [0, 0.05) is 18.1 Å². The Morgan fingerprint density at radius 1 is 1.16 bits per heavy atom. The van der Waals surface area contributed by atoms with Crippen LogP contribution < -0.4 is 15.0 Å². The van der Waals surface area contributed by atoms with Gasteiger partial charge in [0.25, 0.3) is 5.91 Å². The van der Waals surface area contributed by atoms with Crippen LogP contribution in [0.15, 0.2) is 42.5 Å². The smallest absolute Gasteiger partial charge is 0.262 e. The number of ether oxygens (including phenoxy) is 2. The van der Waals surface area contributed by atoms with Crippen molar-refractivity contribution in [3.8, 4) is 5.75 Å². The van der Waals surface area contributed by atoms with E-state index < -0.39 is 0 Å². The Labute approximate surface area is 156 Å². The molecule has 0 radical (unpaired) electrons. The molecule has 2 aromatic rings. The molecule has 1 aliphatic heterocycles. The summed E-state index contributed by atoms with van der Waals surface area (Å²) in [7, 11) is 0.